The third kappa shape index (κ3) is 1.19. The van der Waals surface area contributed by atoms with Crippen molar-refractivity contribution >= 4 is 21.4 Å². The van der Waals surface area contributed by atoms with Gasteiger partial charge in [-0.2, -0.15) is 0 Å². The summed E-state index contributed by atoms with van der Waals surface area (Å²) >= 11 is 1.91. The van der Waals surface area contributed by atoms with Crippen molar-refractivity contribution in [3.8, 4) is 0 Å². The summed E-state index contributed by atoms with van der Waals surface area (Å²) in [6.07, 6.45) is 2.79. The van der Waals surface area contributed by atoms with Crippen molar-refractivity contribution in [3.63, 3.8) is 0 Å². The van der Waals surface area contributed by atoms with Gasteiger partial charge in [0, 0.05) is 9.58 Å². The zero-order valence-corrected chi connectivity index (χ0v) is 8.53. The van der Waals surface area contributed by atoms with Gasteiger partial charge in [-0.1, -0.05) is 12.1 Å². The molecule has 0 radical (unpaired) electrons. The SMILES string of the molecule is Cc1cc2c(C3CC3)cccc2s1. The third-order valence-corrected chi connectivity index (χ3v) is 3.75. The molecular weight excluding hydrogens is 176 g/mol. The molecule has 1 aliphatic carbocycles. The molecule has 13 heavy (non-hydrogen) atoms. The Morgan fingerprint density at radius 1 is 1.31 bits per heavy atom. The molecule has 2 aromatic rings. The molecule has 0 bridgehead atoms. The van der Waals surface area contributed by atoms with E-state index in [0.29, 0.717) is 0 Å². The molecule has 0 atom stereocenters. The van der Waals surface area contributed by atoms with Crippen LogP contribution in [0.2, 0.25) is 0 Å². The summed E-state index contributed by atoms with van der Waals surface area (Å²) < 4.78 is 1.46. The fourth-order valence-corrected chi connectivity index (χ4v) is 2.92. The Hall–Kier alpha value is -0.820. The van der Waals surface area contributed by atoms with Crippen LogP contribution in [0.5, 0.6) is 0 Å². The topological polar surface area (TPSA) is 0 Å². The largest absolute Gasteiger partial charge is 0.141 e. The number of rotatable bonds is 1. The van der Waals surface area contributed by atoms with Crippen molar-refractivity contribution in [1.29, 1.82) is 0 Å². The maximum atomic E-state index is 2.34. The second-order valence-corrected chi connectivity index (χ2v) is 5.18. The Bertz CT molecular complexity index is 449. The Morgan fingerprint density at radius 3 is 2.92 bits per heavy atom. The molecule has 0 aliphatic heterocycles. The number of benzene rings is 1. The van der Waals surface area contributed by atoms with Crippen molar-refractivity contribution < 1.29 is 0 Å². The van der Waals surface area contributed by atoms with Crippen LogP contribution in [0.3, 0.4) is 0 Å². The fraction of sp³-hybridized carbons (Fsp3) is 0.333. The van der Waals surface area contributed by atoms with Crippen molar-refractivity contribution in [2.24, 2.45) is 0 Å². The van der Waals surface area contributed by atoms with Crippen LogP contribution >= 0.6 is 11.3 Å². The number of fused-ring (bicyclic) bond motifs is 1. The quantitative estimate of drug-likeness (QED) is 0.632. The zero-order chi connectivity index (χ0) is 8.84. The molecule has 1 aromatic carbocycles. The van der Waals surface area contributed by atoms with Crippen molar-refractivity contribution in [3.05, 3.63) is 34.7 Å². The first-order chi connectivity index (χ1) is 6.34. The molecule has 1 saturated carbocycles. The summed E-state index contributed by atoms with van der Waals surface area (Å²) in [6, 6.07) is 9.07. The molecule has 1 aromatic heterocycles. The molecule has 1 heterocycles. The molecule has 0 nitrogen and oxygen atoms in total. The molecule has 0 saturated heterocycles. The van der Waals surface area contributed by atoms with Gasteiger partial charge in [0.2, 0.25) is 0 Å². The number of aryl methyl sites for hydroxylation is 1. The number of hydrogen-bond acceptors (Lipinski definition) is 1. The van der Waals surface area contributed by atoms with Gasteiger partial charge in [0.05, 0.1) is 0 Å². The molecule has 0 N–H and O–H groups in total. The van der Waals surface area contributed by atoms with Crippen LogP contribution in [-0.2, 0) is 0 Å². The normalized spacial score (nSPS) is 16.7. The van der Waals surface area contributed by atoms with E-state index in [4.69, 9.17) is 0 Å². The van der Waals surface area contributed by atoms with Gasteiger partial charge in [-0.05, 0) is 48.8 Å². The van der Waals surface area contributed by atoms with Crippen LogP contribution in [0.1, 0.15) is 29.2 Å². The first-order valence-corrected chi connectivity index (χ1v) is 5.65. The molecule has 1 fully saturated rings. The van der Waals surface area contributed by atoms with Gasteiger partial charge in [0.15, 0.2) is 0 Å². The van der Waals surface area contributed by atoms with Crippen LogP contribution in [-0.4, -0.2) is 0 Å². The van der Waals surface area contributed by atoms with E-state index in [1.54, 1.807) is 5.56 Å². The Kier molecular flexibility index (Phi) is 1.50. The van der Waals surface area contributed by atoms with Crippen LogP contribution in [0.4, 0.5) is 0 Å². The fourth-order valence-electron chi connectivity index (χ4n) is 1.96. The molecule has 0 spiro atoms. The molecule has 3 rings (SSSR count). The maximum Gasteiger partial charge on any atom is 0.0348 e. The van der Waals surface area contributed by atoms with Crippen LogP contribution < -0.4 is 0 Å². The summed E-state index contributed by atoms with van der Waals surface area (Å²) in [6.45, 7) is 2.20. The second kappa shape index (κ2) is 2.58. The number of thiophene rings is 1. The van der Waals surface area contributed by atoms with Crippen molar-refractivity contribution in [2.75, 3.05) is 0 Å². The van der Waals surface area contributed by atoms with Gasteiger partial charge in [-0.15, -0.1) is 11.3 Å². The average molecular weight is 188 g/mol. The average Bonchev–Trinajstić information content (AvgIpc) is 2.86. The summed E-state index contributed by atoms with van der Waals surface area (Å²) in [5, 5.41) is 1.51. The molecule has 1 aliphatic rings. The second-order valence-electron chi connectivity index (χ2n) is 3.89. The van der Waals surface area contributed by atoms with E-state index in [0.717, 1.165) is 5.92 Å². The van der Waals surface area contributed by atoms with Gasteiger partial charge >= 0.3 is 0 Å². The monoisotopic (exact) mass is 188 g/mol. The summed E-state index contributed by atoms with van der Waals surface area (Å²) in [7, 11) is 0. The molecule has 1 heteroatoms. The summed E-state index contributed by atoms with van der Waals surface area (Å²) in [4.78, 5) is 1.43. The maximum absolute atomic E-state index is 2.34. The summed E-state index contributed by atoms with van der Waals surface area (Å²) in [5.74, 6) is 0.873. The van der Waals surface area contributed by atoms with Gasteiger partial charge in [-0.25, -0.2) is 0 Å². The molecule has 0 amide bonds. The van der Waals surface area contributed by atoms with Gasteiger partial charge in [-0.3, -0.25) is 0 Å². The summed E-state index contributed by atoms with van der Waals surface area (Å²) in [5.41, 5.74) is 1.59. The smallest absolute Gasteiger partial charge is 0.0348 e. The predicted molar refractivity (Wildman–Crippen MR) is 58.5 cm³/mol. The highest BCUT2D eigenvalue weighted by molar-refractivity contribution is 7.19. The van der Waals surface area contributed by atoms with Gasteiger partial charge in [0.25, 0.3) is 0 Å². The lowest BCUT2D eigenvalue weighted by atomic mass is 10.1. The number of hydrogen-bond donors (Lipinski definition) is 0. The van der Waals surface area contributed by atoms with Crippen LogP contribution in [0, 0.1) is 6.92 Å². The van der Waals surface area contributed by atoms with E-state index in [2.05, 4.69) is 31.2 Å². The van der Waals surface area contributed by atoms with Crippen molar-refractivity contribution in [1.82, 2.24) is 0 Å². The van der Waals surface area contributed by atoms with Gasteiger partial charge < -0.3 is 0 Å². The Balaban J connectivity index is 2.31. The highest BCUT2D eigenvalue weighted by Gasteiger charge is 2.25. The van der Waals surface area contributed by atoms with Crippen LogP contribution in [0.15, 0.2) is 24.3 Å². The minimum Gasteiger partial charge on any atom is -0.141 e. The van der Waals surface area contributed by atoms with Crippen molar-refractivity contribution in [2.45, 2.75) is 25.7 Å². The van der Waals surface area contributed by atoms with E-state index in [1.165, 1.54) is 27.8 Å². The van der Waals surface area contributed by atoms with E-state index in [1.807, 2.05) is 11.3 Å². The predicted octanol–water partition coefficient (Wildman–Crippen LogP) is 4.09. The van der Waals surface area contributed by atoms with Crippen LogP contribution in [0.25, 0.3) is 10.1 Å². The Labute approximate surface area is 82.2 Å². The highest BCUT2D eigenvalue weighted by atomic mass is 32.1. The van der Waals surface area contributed by atoms with E-state index in [9.17, 15) is 0 Å². The van der Waals surface area contributed by atoms with Gasteiger partial charge in [0.1, 0.15) is 0 Å². The standard InChI is InChI=1S/C12H12S/c1-8-7-11-10(9-5-6-9)3-2-4-12(11)13-8/h2-4,7,9H,5-6H2,1H3. The van der Waals surface area contributed by atoms with E-state index >= 15 is 0 Å². The minimum atomic E-state index is 0.873. The molecule has 66 valence electrons. The van der Waals surface area contributed by atoms with E-state index in [-0.39, 0.29) is 0 Å². The minimum absolute atomic E-state index is 0.873. The molecule has 0 unspecified atom stereocenters. The van der Waals surface area contributed by atoms with E-state index < -0.39 is 0 Å². The highest BCUT2D eigenvalue weighted by Crippen LogP contribution is 2.44. The third-order valence-electron chi connectivity index (χ3n) is 2.74. The lowest BCUT2D eigenvalue weighted by Crippen LogP contribution is -1.77. The lowest BCUT2D eigenvalue weighted by molar-refractivity contribution is 1.15. The first-order valence-electron chi connectivity index (χ1n) is 4.83. The lowest BCUT2D eigenvalue weighted by Gasteiger charge is -1.98. The first kappa shape index (κ1) is 7.57. The molecular formula is C12H12S. The Morgan fingerprint density at radius 2 is 2.15 bits per heavy atom. The zero-order valence-electron chi connectivity index (χ0n) is 7.71.